The SMILES string of the molecule is CCC(=O)c1ccc(OCc2nc(-c3ccc(OC)cc3OC)no2)cc1. The van der Waals surface area contributed by atoms with Gasteiger partial charge >= 0.3 is 0 Å². The summed E-state index contributed by atoms with van der Waals surface area (Å²) in [5.74, 6) is 2.70. The molecule has 0 aliphatic carbocycles. The van der Waals surface area contributed by atoms with Crippen molar-refractivity contribution >= 4 is 5.78 Å². The molecule has 1 aromatic heterocycles. The molecule has 7 heteroatoms. The molecule has 0 bridgehead atoms. The van der Waals surface area contributed by atoms with Crippen LogP contribution in [0.1, 0.15) is 29.6 Å². The van der Waals surface area contributed by atoms with E-state index in [2.05, 4.69) is 10.1 Å². The van der Waals surface area contributed by atoms with E-state index >= 15 is 0 Å². The maximum atomic E-state index is 11.6. The molecule has 7 nitrogen and oxygen atoms in total. The average Bonchev–Trinajstić information content (AvgIpc) is 3.20. The summed E-state index contributed by atoms with van der Waals surface area (Å²) >= 11 is 0. The summed E-state index contributed by atoms with van der Waals surface area (Å²) in [7, 11) is 3.15. The van der Waals surface area contributed by atoms with Crippen molar-refractivity contribution in [2.75, 3.05) is 14.2 Å². The summed E-state index contributed by atoms with van der Waals surface area (Å²) in [5, 5.41) is 3.98. The highest BCUT2D eigenvalue weighted by molar-refractivity contribution is 5.95. The van der Waals surface area contributed by atoms with Gasteiger partial charge < -0.3 is 18.7 Å². The number of hydrogen-bond donors (Lipinski definition) is 0. The molecule has 0 N–H and O–H groups in total. The van der Waals surface area contributed by atoms with E-state index in [0.29, 0.717) is 46.5 Å². The van der Waals surface area contributed by atoms with Crippen molar-refractivity contribution in [3.63, 3.8) is 0 Å². The predicted octanol–water partition coefficient (Wildman–Crippen LogP) is 3.93. The Morgan fingerprint density at radius 1 is 1.04 bits per heavy atom. The van der Waals surface area contributed by atoms with Crippen molar-refractivity contribution in [3.05, 3.63) is 53.9 Å². The third kappa shape index (κ3) is 4.25. The Balaban J connectivity index is 1.69. The van der Waals surface area contributed by atoms with Crippen LogP contribution >= 0.6 is 0 Å². The van der Waals surface area contributed by atoms with Crippen LogP contribution in [0.5, 0.6) is 17.2 Å². The standard InChI is InChI=1S/C20H20N2O5/c1-4-17(23)13-5-7-14(8-6-13)26-12-19-21-20(22-27-19)16-10-9-15(24-2)11-18(16)25-3/h5-11H,4,12H2,1-3H3. The van der Waals surface area contributed by atoms with Crippen LogP contribution < -0.4 is 14.2 Å². The fraction of sp³-hybridized carbons (Fsp3) is 0.250. The predicted molar refractivity (Wildman–Crippen MR) is 98.2 cm³/mol. The Labute approximate surface area is 156 Å². The zero-order valence-corrected chi connectivity index (χ0v) is 15.4. The second-order valence-electron chi connectivity index (χ2n) is 5.67. The Bertz CT molecular complexity index is 918. The number of Topliss-reactive ketones (excluding diaryl/α,β-unsaturated/α-hetero) is 1. The van der Waals surface area contributed by atoms with E-state index in [4.69, 9.17) is 18.7 Å². The van der Waals surface area contributed by atoms with Crippen molar-refractivity contribution < 1.29 is 23.5 Å². The van der Waals surface area contributed by atoms with Gasteiger partial charge in [-0.15, -0.1) is 0 Å². The molecule has 1 heterocycles. The first kappa shape index (κ1) is 18.4. The summed E-state index contributed by atoms with van der Waals surface area (Å²) in [6.45, 7) is 1.95. The van der Waals surface area contributed by atoms with Gasteiger partial charge in [0.1, 0.15) is 17.2 Å². The summed E-state index contributed by atoms with van der Waals surface area (Å²) in [5.41, 5.74) is 1.35. The zero-order chi connectivity index (χ0) is 19.2. The van der Waals surface area contributed by atoms with Crippen molar-refractivity contribution in [3.8, 4) is 28.6 Å². The van der Waals surface area contributed by atoms with Crippen LogP contribution in [0.4, 0.5) is 0 Å². The molecule has 0 amide bonds. The normalized spacial score (nSPS) is 10.5. The van der Waals surface area contributed by atoms with Crippen molar-refractivity contribution in [2.45, 2.75) is 20.0 Å². The van der Waals surface area contributed by atoms with Gasteiger partial charge in [0.25, 0.3) is 5.89 Å². The van der Waals surface area contributed by atoms with Crippen LogP contribution in [0.2, 0.25) is 0 Å². The smallest absolute Gasteiger partial charge is 0.264 e. The van der Waals surface area contributed by atoms with Gasteiger partial charge in [-0.1, -0.05) is 12.1 Å². The van der Waals surface area contributed by atoms with E-state index < -0.39 is 0 Å². The van der Waals surface area contributed by atoms with Crippen LogP contribution in [0.3, 0.4) is 0 Å². The Kier molecular flexibility index (Phi) is 5.71. The number of hydrogen-bond acceptors (Lipinski definition) is 7. The van der Waals surface area contributed by atoms with Crippen molar-refractivity contribution in [2.24, 2.45) is 0 Å². The molecule has 0 saturated heterocycles. The highest BCUT2D eigenvalue weighted by atomic mass is 16.5. The van der Waals surface area contributed by atoms with E-state index in [1.807, 2.05) is 6.92 Å². The van der Waals surface area contributed by atoms with E-state index in [1.165, 1.54) is 0 Å². The molecule has 2 aromatic carbocycles. The van der Waals surface area contributed by atoms with Crippen molar-refractivity contribution in [1.29, 1.82) is 0 Å². The minimum Gasteiger partial charge on any atom is -0.497 e. The minimum atomic E-state index is 0.0940. The molecule has 3 aromatic rings. The van der Waals surface area contributed by atoms with Gasteiger partial charge in [0.05, 0.1) is 19.8 Å². The van der Waals surface area contributed by atoms with Gasteiger partial charge in [0.15, 0.2) is 12.4 Å². The quantitative estimate of drug-likeness (QED) is 0.557. The third-order valence-corrected chi connectivity index (χ3v) is 3.98. The summed E-state index contributed by atoms with van der Waals surface area (Å²) in [6.07, 6.45) is 0.472. The molecule has 27 heavy (non-hydrogen) atoms. The zero-order valence-electron chi connectivity index (χ0n) is 15.4. The van der Waals surface area contributed by atoms with E-state index in [-0.39, 0.29) is 12.4 Å². The minimum absolute atomic E-state index is 0.0940. The van der Waals surface area contributed by atoms with Gasteiger partial charge in [0.2, 0.25) is 5.82 Å². The van der Waals surface area contributed by atoms with E-state index in [0.717, 1.165) is 0 Å². The molecule has 0 atom stereocenters. The number of rotatable bonds is 8. The lowest BCUT2D eigenvalue weighted by molar-refractivity contribution is 0.0988. The molecule has 140 valence electrons. The molecule has 3 rings (SSSR count). The van der Waals surface area contributed by atoms with Gasteiger partial charge in [-0.25, -0.2) is 0 Å². The van der Waals surface area contributed by atoms with Gasteiger partial charge in [-0.2, -0.15) is 4.98 Å². The third-order valence-electron chi connectivity index (χ3n) is 3.98. The van der Waals surface area contributed by atoms with Gasteiger partial charge in [-0.05, 0) is 36.4 Å². The number of ether oxygens (including phenoxy) is 3. The monoisotopic (exact) mass is 368 g/mol. The number of carbonyl (C=O) groups is 1. The highest BCUT2D eigenvalue weighted by Crippen LogP contribution is 2.31. The van der Waals surface area contributed by atoms with Crippen LogP contribution in [-0.4, -0.2) is 30.1 Å². The van der Waals surface area contributed by atoms with Crippen LogP contribution in [0.15, 0.2) is 47.0 Å². The first-order valence-corrected chi connectivity index (χ1v) is 8.45. The largest absolute Gasteiger partial charge is 0.497 e. The highest BCUT2D eigenvalue weighted by Gasteiger charge is 2.15. The summed E-state index contributed by atoms with van der Waals surface area (Å²) in [4.78, 5) is 16.0. The molecule has 0 radical (unpaired) electrons. The van der Waals surface area contributed by atoms with E-state index in [9.17, 15) is 4.79 Å². The lowest BCUT2D eigenvalue weighted by atomic mass is 10.1. The molecule has 0 saturated carbocycles. The van der Waals surface area contributed by atoms with Gasteiger partial charge in [0, 0.05) is 18.1 Å². The topological polar surface area (TPSA) is 83.7 Å². The number of methoxy groups -OCH3 is 2. The molecule has 0 fully saturated rings. The fourth-order valence-electron chi connectivity index (χ4n) is 2.49. The number of aromatic nitrogens is 2. The Morgan fingerprint density at radius 2 is 1.78 bits per heavy atom. The molecule has 0 aliphatic rings. The van der Waals surface area contributed by atoms with Gasteiger partial charge in [-0.3, -0.25) is 4.79 Å². The first-order valence-electron chi connectivity index (χ1n) is 8.45. The molecule has 0 unspecified atom stereocenters. The molecular weight excluding hydrogens is 348 g/mol. The number of ketones is 1. The maximum Gasteiger partial charge on any atom is 0.264 e. The average molecular weight is 368 g/mol. The number of benzene rings is 2. The lowest BCUT2D eigenvalue weighted by Crippen LogP contribution is -1.98. The number of nitrogens with zero attached hydrogens (tertiary/aromatic N) is 2. The molecular formula is C20H20N2O5. The Morgan fingerprint density at radius 3 is 2.44 bits per heavy atom. The number of carbonyl (C=O) groups excluding carboxylic acids is 1. The fourth-order valence-corrected chi connectivity index (χ4v) is 2.49. The molecule has 0 spiro atoms. The van der Waals surface area contributed by atoms with Crippen LogP contribution in [0.25, 0.3) is 11.4 Å². The van der Waals surface area contributed by atoms with E-state index in [1.54, 1.807) is 56.7 Å². The lowest BCUT2D eigenvalue weighted by Gasteiger charge is -2.07. The second-order valence-corrected chi connectivity index (χ2v) is 5.67. The van der Waals surface area contributed by atoms with Crippen molar-refractivity contribution in [1.82, 2.24) is 10.1 Å². The van der Waals surface area contributed by atoms with Crippen LogP contribution in [0, 0.1) is 0 Å². The Hall–Kier alpha value is -3.35. The maximum absolute atomic E-state index is 11.6. The second kappa shape index (κ2) is 8.35. The summed E-state index contributed by atoms with van der Waals surface area (Å²) in [6, 6.07) is 12.3. The van der Waals surface area contributed by atoms with Crippen LogP contribution in [-0.2, 0) is 6.61 Å². The first-order chi connectivity index (χ1) is 13.1. The summed E-state index contributed by atoms with van der Waals surface area (Å²) < 4.78 is 21.4. The molecule has 0 aliphatic heterocycles.